The van der Waals surface area contributed by atoms with Crippen molar-refractivity contribution in [2.24, 2.45) is 0 Å². The van der Waals surface area contributed by atoms with Gasteiger partial charge in [0.1, 0.15) is 17.3 Å². The number of carbonyl (C=O) groups is 2. The number of aliphatic carboxylic acids is 1. The number of nitrogens with one attached hydrogen (secondary N) is 1. The standard InChI is InChI=1S/C19H16Cl2FNO4/c1-10-6-12(7-11(2)18(10)21)27-9-17(24)23-16(19(25)26)8-13-14(20)4-3-5-15(13)22/h3-8H,9H2,1-2H3,(H,23,24)(H,25,26)/b16-8+. The Balaban J connectivity index is 2.12. The molecular formula is C19H16Cl2FNO4. The van der Waals surface area contributed by atoms with Crippen molar-refractivity contribution in [3.63, 3.8) is 0 Å². The Morgan fingerprint density at radius 2 is 1.85 bits per heavy atom. The van der Waals surface area contributed by atoms with Crippen LogP contribution in [0, 0.1) is 19.7 Å². The van der Waals surface area contributed by atoms with E-state index in [2.05, 4.69) is 5.32 Å². The third kappa shape index (κ3) is 5.45. The van der Waals surface area contributed by atoms with E-state index in [0.717, 1.165) is 23.3 Å². The monoisotopic (exact) mass is 411 g/mol. The molecule has 8 heteroatoms. The Bertz CT molecular complexity index is 885. The van der Waals surface area contributed by atoms with Gasteiger partial charge in [-0.15, -0.1) is 0 Å². The summed E-state index contributed by atoms with van der Waals surface area (Å²) in [7, 11) is 0. The minimum absolute atomic E-state index is 0.0198. The van der Waals surface area contributed by atoms with Crippen molar-refractivity contribution in [3.8, 4) is 5.75 Å². The molecule has 0 bridgehead atoms. The minimum Gasteiger partial charge on any atom is -0.484 e. The predicted molar refractivity (Wildman–Crippen MR) is 102 cm³/mol. The van der Waals surface area contributed by atoms with E-state index >= 15 is 0 Å². The summed E-state index contributed by atoms with van der Waals surface area (Å²) in [6.45, 7) is 3.16. The van der Waals surface area contributed by atoms with Crippen molar-refractivity contribution in [3.05, 3.63) is 68.6 Å². The Hall–Kier alpha value is -2.57. The van der Waals surface area contributed by atoms with Gasteiger partial charge in [-0.05, 0) is 55.3 Å². The van der Waals surface area contributed by atoms with Crippen molar-refractivity contribution >= 4 is 41.2 Å². The van der Waals surface area contributed by atoms with Crippen LogP contribution < -0.4 is 10.1 Å². The molecule has 1 amide bonds. The SMILES string of the molecule is Cc1cc(OCC(=O)N/C(=C/c2c(F)cccc2Cl)C(=O)O)cc(C)c1Cl. The summed E-state index contributed by atoms with van der Waals surface area (Å²) in [5.41, 5.74) is 0.903. The summed E-state index contributed by atoms with van der Waals surface area (Å²) in [6, 6.07) is 7.25. The van der Waals surface area contributed by atoms with Crippen molar-refractivity contribution < 1.29 is 23.8 Å². The molecule has 0 heterocycles. The molecule has 2 aromatic carbocycles. The molecule has 0 aliphatic heterocycles. The second kappa shape index (κ2) is 8.88. The van der Waals surface area contributed by atoms with Gasteiger partial charge in [0.25, 0.3) is 5.91 Å². The number of carbonyl (C=O) groups excluding carboxylic acids is 1. The number of amides is 1. The quantitative estimate of drug-likeness (QED) is 0.691. The number of hydrogen-bond acceptors (Lipinski definition) is 3. The summed E-state index contributed by atoms with van der Waals surface area (Å²) in [5, 5.41) is 12.0. The lowest BCUT2D eigenvalue weighted by molar-refractivity contribution is -0.134. The fourth-order valence-corrected chi connectivity index (χ4v) is 2.60. The van der Waals surface area contributed by atoms with Crippen LogP contribution in [0.15, 0.2) is 36.0 Å². The van der Waals surface area contributed by atoms with Gasteiger partial charge in [-0.2, -0.15) is 0 Å². The van der Waals surface area contributed by atoms with E-state index in [1.165, 1.54) is 12.1 Å². The lowest BCUT2D eigenvalue weighted by Crippen LogP contribution is -2.31. The lowest BCUT2D eigenvalue weighted by Gasteiger charge is -2.11. The van der Waals surface area contributed by atoms with Crippen LogP contribution in [-0.4, -0.2) is 23.6 Å². The highest BCUT2D eigenvalue weighted by atomic mass is 35.5. The molecule has 0 fully saturated rings. The zero-order valence-corrected chi connectivity index (χ0v) is 16.0. The fourth-order valence-electron chi connectivity index (χ4n) is 2.27. The zero-order chi connectivity index (χ0) is 20.1. The number of ether oxygens (including phenoxy) is 1. The molecule has 2 aromatic rings. The summed E-state index contributed by atoms with van der Waals surface area (Å²) in [5.74, 6) is -2.45. The van der Waals surface area contributed by atoms with Crippen LogP contribution >= 0.6 is 23.2 Å². The van der Waals surface area contributed by atoms with E-state index in [1.807, 2.05) is 0 Å². The second-order valence-electron chi connectivity index (χ2n) is 5.71. The fraction of sp³-hybridized carbons (Fsp3) is 0.158. The first-order chi connectivity index (χ1) is 12.7. The molecule has 0 unspecified atom stereocenters. The van der Waals surface area contributed by atoms with Gasteiger partial charge in [-0.25, -0.2) is 9.18 Å². The maximum Gasteiger partial charge on any atom is 0.352 e. The second-order valence-corrected chi connectivity index (χ2v) is 6.49. The molecule has 5 nitrogen and oxygen atoms in total. The van der Waals surface area contributed by atoms with E-state index in [1.54, 1.807) is 26.0 Å². The molecule has 0 radical (unpaired) electrons. The molecule has 0 saturated heterocycles. The van der Waals surface area contributed by atoms with E-state index in [4.69, 9.17) is 27.9 Å². The maximum atomic E-state index is 13.8. The number of benzene rings is 2. The average molecular weight is 412 g/mol. The van der Waals surface area contributed by atoms with E-state index in [-0.39, 0.29) is 10.6 Å². The normalized spacial score (nSPS) is 11.2. The molecule has 0 saturated carbocycles. The molecule has 0 atom stereocenters. The number of carboxylic acids is 1. The van der Waals surface area contributed by atoms with Gasteiger partial charge < -0.3 is 15.2 Å². The van der Waals surface area contributed by atoms with E-state index in [9.17, 15) is 19.1 Å². The first-order valence-corrected chi connectivity index (χ1v) is 8.53. The molecule has 0 spiro atoms. The van der Waals surface area contributed by atoms with Gasteiger partial charge in [-0.1, -0.05) is 29.3 Å². The minimum atomic E-state index is -1.44. The predicted octanol–water partition coefficient (Wildman–Crippen LogP) is 4.37. The third-order valence-corrected chi connectivity index (χ3v) is 4.50. The van der Waals surface area contributed by atoms with Crippen molar-refractivity contribution in [2.75, 3.05) is 6.61 Å². The first-order valence-electron chi connectivity index (χ1n) is 7.77. The summed E-state index contributed by atoms with van der Waals surface area (Å²) < 4.78 is 19.2. The highest BCUT2D eigenvalue weighted by Crippen LogP contribution is 2.26. The number of halogens is 3. The largest absolute Gasteiger partial charge is 0.484 e. The van der Waals surface area contributed by atoms with Gasteiger partial charge in [0.05, 0.1) is 5.02 Å². The van der Waals surface area contributed by atoms with E-state index < -0.39 is 30.0 Å². The number of carboxylic acid groups (broad SMARTS) is 1. The number of hydrogen-bond donors (Lipinski definition) is 2. The van der Waals surface area contributed by atoms with Gasteiger partial charge in [0.15, 0.2) is 6.61 Å². The van der Waals surface area contributed by atoms with Gasteiger partial charge >= 0.3 is 5.97 Å². The average Bonchev–Trinajstić information content (AvgIpc) is 2.59. The molecule has 27 heavy (non-hydrogen) atoms. The smallest absolute Gasteiger partial charge is 0.352 e. The summed E-state index contributed by atoms with van der Waals surface area (Å²) in [6.07, 6.45) is 0.953. The summed E-state index contributed by atoms with van der Waals surface area (Å²) in [4.78, 5) is 23.4. The Morgan fingerprint density at radius 1 is 1.22 bits per heavy atom. The van der Waals surface area contributed by atoms with Crippen LogP contribution in [-0.2, 0) is 9.59 Å². The lowest BCUT2D eigenvalue weighted by atomic mass is 10.1. The molecule has 2 rings (SSSR count). The number of aryl methyl sites for hydroxylation is 2. The van der Waals surface area contributed by atoms with E-state index in [0.29, 0.717) is 10.8 Å². The Morgan fingerprint density at radius 3 is 2.41 bits per heavy atom. The molecule has 0 aliphatic rings. The van der Waals surface area contributed by atoms with Crippen LogP contribution in [0.5, 0.6) is 5.75 Å². The molecule has 0 aliphatic carbocycles. The van der Waals surface area contributed by atoms with Gasteiger partial charge in [0, 0.05) is 10.6 Å². The Kier molecular flexibility index (Phi) is 6.82. The van der Waals surface area contributed by atoms with Crippen molar-refractivity contribution in [1.82, 2.24) is 5.32 Å². The summed E-state index contributed by atoms with van der Waals surface area (Å²) >= 11 is 11.9. The highest BCUT2D eigenvalue weighted by Gasteiger charge is 2.15. The van der Waals surface area contributed by atoms with Crippen LogP contribution in [0.3, 0.4) is 0 Å². The number of rotatable bonds is 6. The third-order valence-electron chi connectivity index (χ3n) is 3.57. The molecule has 142 valence electrons. The van der Waals surface area contributed by atoms with Crippen molar-refractivity contribution in [2.45, 2.75) is 13.8 Å². The molecular weight excluding hydrogens is 396 g/mol. The topological polar surface area (TPSA) is 75.6 Å². The van der Waals surface area contributed by atoms with Crippen LogP contribution in [0.1, 0.15) is 16.7 Å². The maximum absolute atomic E-state index is 13.8. The Labute approximate surface area is 165 Å². The highest BCUT2D eigenvalue weighted by molar-refractivity contribution is 6.32. The first kappa shape index (κ1) is 20.7. The zero-order valence-electron chi connectivity index (χ0n) is 14.5. The van der Waals surface area contributed by atoms with Crippen LogP contribution in [0.2, 0.25) is 10.0 Å². The molecule has 2 N–H and O–H groups in total. The van der Waals surface area contributed by atoms with Crippen molar-refractivity contribution in [1.29, 1.82) is 0 Å². The molecule has 0 aromatic heterocycles. The van der Waals surface area contributed by atoms with Gasteiger partial charge in [-0.3, -0.25) is 4.79 Å². The van der Waals surface area contributed by atoms with Crippen LogP contribution in [0.25, 0.3) is 6.08 Å². The van der Waals surface area contributed by atoms with Crippen LogP contribution in [0.4, 0.5) is 4.39 Å². The van der Waals surface area contributed by atoms with Gasteiger partial charge in [0.2, 0.25) is 0 Å².